The molecule has 0 N–H and O–H groups in total. The van der Waals surface area contributed by atoms with Gasteiger partial charge in [0.2, 0.25) is 5.78 Å². The zero-order valence-corrected chi connectivity index (χ0v) is 14.1. The van der Waals surface area contributed by atoms with Gasteiger partial charge in [0.15, 0.2) is 5.78 Å². The number of benzene rings is 2. The standard InChI is InChI=1S/C20H14ClN3O/c21-15-6-2-1-5-13(15)12-9-17-14(19(25)10-12)11-24-18-8-4-3-7-16(18)22-20(24)23-17/h1-8,11-12H,9-10H2. The SMILES string of the molecule is O=C1CC(c2ccccc2Cl)Cc2nc3nc4ccccc4n3cc21. The van der Waals surface area contributed by atoms with Crippen LogP contribution < -0.4 is 0 Å². The predicted octanol–water partition coefficient (Wildman–Crippen LogP) is 4.45. The Labute approximate surface area is 149 Å². The van der Waals surface area contributed by atoms with Crippen molar-refractivity contribution in [1.29, 1.82) is 0 Å². The van der Waals surface area contributed by atoms with Gasteiger partial charge in [0, 0.05) is 17.6 Å². The summed E-state index contributed by atoms with van der Waals surface area (Å²) in [6, 6.07) is 15.6. The van der Waals surface area contributed by atoms with Crippen molar-refractivity contribution in [3.05, 3.63) is 76.6 Å². The van der Waals surface area contributed by atoms with Crippen molar-refractivity contribution in [3.8, 4) is 0 Å². The molecule has 1 aliphatic carbocycles. The minimum Gasteiger partial charge on any atom is -0.294 e. The summed E-state index contributed by atoms with van der Waals surface area (Å²) in [4.78, 5) is 22.0. The average Bonchev–Trinajstić information content (AvgIpc) is 2.98. The molecular formula is C20H14ClN3O. The van der Waals surface area contributed by atoms with Crippen LogP contribution in [0.15, 0.2) is 54.7 Å². The van der Waals surface area contributed by atoms with Crippen molar-refractivity contribution in [1.82, 2.24) is 14.4 Å². The van der Waals surface area contributed by atoms with Crippen molar-refractivity contribution in [2.75, 3.05) is 0 Å². The summed E-state index contributed by atoms with van der Waals surface area (Å²) in [5.41, 5.74) is 4.36. The molecule has 1 unspecified atom stereocenters. The smallest absolute Gasteiger partial charge is 0.235 e. The molecule has 1 aliphatic rings. The summed E-state index contributed by atoms with van der Waals surface area (Å²) < 4.78 is 1.90. The van der Waals surface area contributed by atoms with Crippen LogP contribution in [0.4, 0.5) is 0 Å². The Bertz CT molecular complexity index is 1150. The van der Waals surface area contributed by atoms with Gasteiger partial charge in [0.25, 0.3) is 0 Å². The number of aromatic nitrogens is 3. The van der Waals surface area contributed by atoms with E-state index in [-0.39, 0.29) is 11.7 Å². The highest BCUT2D eigenvalue weighted by atomic mass is 35.5. The first-order valence-electron chi connectivity index (χ1n) is 8.25. The maximum absolute atomic E-state index is 12.8. The van der Waals surface area contributed by atoms with Gasteiger partial charge in [-0.2, -0.15) is 0 Å². The maximum atomic E-state index is 12.8. The predicted molar refractivity (Wildman–Crippen MR) is 97.3 cm³/mol. The normalized spacial score (nSPS) is 17.2. The van der Waals surface area contributed by atoms with E-state index in [1.165, 1.54) is 0 Å². The fourth-order valence-corrected chi connectivity index (χ4v) is 3.97. The highest BCUT2D eigenvalue weighted by Gasteiger charge is 2.29. The van der Waals surface area contributed by atoms with Crippen molar-refractivity contribution in [2.45, 2.75) is 18.8 Å². The highest BCUT2D eigenvalue weighted by molar-refractivity contribution is 6.31. The number of Topliss-reactive ketones (excluding diaryl/α,β-unsaturated/α-hetero) is 1. The average molecular weight is 348 g/mol. The van der Waals surface area contributed by atoms with E-state index in [4.69, 9.17) is 16.6 Å². The van der Waals surface area contributed by atoms with Crippen LogP contribution in [-0.2, 0) is 6.42 Å². The van der Waals surface area contributed by atoms with Crippen LogP contribution in [0, 0.1) is 0 Å². The molecule has 4 nitrogen and oxygen atoms in total. The molecule has 4 aromatic rings. The first-order valence-corrected chi connectivity index (χ1v) is 8.63. The van der Waals surface area contributed by atoms with Gasteiger partial charge < -0.3 is 0 Å². The van der Waals surface area contributed by atoms with Gasteiger partial charge in [-0.25, -0.2) is 9.97 Å². The Morgan fingerprint density at radius 3 is 2.68 bits per heavy atom. The van der Waals surface area contributed by atoms with Gasteiger partial charge in [-0.15, -0.1) is 0 Å². The minimum absolute atomic E-state index is 0.0630. The first-order chi connectivity index (χ1) is 12.2. The van der Waals surface area contributed by atoms with Crippen LogP contribution in [0.2, 0.25) is 5.02 Å². The van der Waals surface area contributed by atoms with Crippen LogP contribution in [0.1, 0.15) is 34.0 Å². The number of carbonyl (C=O) groups is 1. The van der Waals surface area contributed by atoms with E-state index < -0.39 is 0 Å². The number of ketones is 1. The molecule has 25 heavy (non-hydrogen) atoms. The van der Waals surface area contributed by atoms with Crippen LogP contribution in [0.3, 0.4) is 0 Å². The van der Waals surface area contributed by atoms with Crippen LogP contribution in [0.25, 0.3) is 16.8 Å². The third kappa shape index (κ3) is 2.25. The molecule has 2 aromatic heterocycles. The molecule has 0 saturated heterocycles. The molecule has 0 bridgehead atoms. The van der Waals surface area contributed by atoms with Crippen molar-refractivity contribution in [3.63, 3.8) is 0 Å². The Hall–Kier alpha value is -2.72. The zero-order chi connectivity index (χ0) is 17.0. The largest absolute Gasteiger partial charge is 0.294 e. The summed E-state index contributed by atoms with van der Waals surface area (Å²) in [5.74, 6) is 0.805. The van der Waals surface area contributed by atoms with Gasteiger partial charge in [0.05, 0.1) is 22.3 Å². The van der Waals surface area contributed by atoms with Crippen molar-refractivity contribution >= 4 is 34.2 Å². The molecule has 0 saturated carbocycles. The van der Waals surface area contributed by atoms with Gasteiger partial charge in [-0.05, 0) is 36.1 Å². The maximum Gasteiger partial charge on any atom is 0.235 e. The van der Waals surface area contributed by atoms with Crippen LogP contribution >= 0.6 is 11.6 Å². The molecular weight excluding hydrogens is 334 g/mol. The third-order valence-electron chi connectivity index (χ3n) is 4.90. The molecule has 0 aliphatic heterocycles. The third-order valence-corrected chi connectivity index (χ3v) is 5.24. The molecule has 2 aromatic carbocycles. The number of fused-ring (bicyclic) bond motifs is 4. The Kier molecular flexibility index (Phi) is 3.15. The molecule has 5 rings (SSSR count). The topological polar surface area (TPSA) is 47.3 Å². The summed E-state index contributed by atoms with van der Waals surface area (Å²) >= 11 is 6.33. The second-order valence-corrected chi connectivity index (χ2v) is 6.83. The highest BCUT2D eigenvalue weighted by Crippen LogP contribution is 2.35. The number of para-hydroxylation sites is 2. The summed E-state index contributed by atoms with van der Waals surface area (Å²) in [7, 11) is 0. The first kappa shape index (κ1) is 14.6. The van der Waals surface area contributed by atoms with Crippen LogP contribution in [0.5, 0.6) is 0 Å². The van der Waals surface area contributed by atoms with Crippen LogP contribution in [-0.4, -0.2) is 20.2 Å². The van der Waals surface area contributed by atoms with Crippen molar-refractivity contribution in [2.24, 2.45) is 0 Å². The molecule has 0 amide bonds. The number of hydrogen-bond donors (Lipinski definition) is 0. The molecule has 1 atom stereocenters. The molecule has 2 heterocycles. The van der Waals surface area contributed by atoms with E-state index in [1.54, 1.807) is 0 Å². The lowest BCUT2D eigenvalue weighted by molar-refractivity contribution is 0.0962. The molecule has 0 fully saturated rings. The van der Waals surface area contributed by atoms with E-state index in [0.717, 1.165) is 22.3 Å². The number of carbonyl (C=O) groups excluding carboxylic acids is 1. The fraction of sp³-hybridized carbons (Fsp3) is 0.150. The van der Waals surface area contributed by atoms with Gasteiger partial charge in [-0.3, -0.25) is 9.20 Å². The van der Waals surface area contributed by atoms with E-state index in [0.29, 0.717) is 29.2 Å². The lowest BCUT2D eigenvalue weighted by atomic mass is 9.82. The van der Waals surface area contributed by atoms with Gasteiger partial charge in [-0.1, -0.05) is 41.9 Å². The Morgan fingerprint density at radius 2 is 1.80 bits per heavy atom. The Morgan fingerprint density at radius 1 is 1.00 bits per heavy atom. The molecule has 0 spiro atoms. The van der Waals surface area contributed by atoms with Crippen molar-refractivity contribution < 1.29 is 4.79 Å². The molecule has 0 radical (unpaired) electrons. The van der Waals surface area contributed by atoms with E-state index in [9.17, 15) is 4.79 Å². The number of imidazole rings is 1. The summed E-state index contributed by atoms with van der Waals surface area (Å²) in [6.45, 7) is 0. The number of rotatable bonds is 1. The lowest BCUT2D eigenvalue weighted by Gasteiger charge is -2.24. The second kappa shape index (κ2) is 5.39. The number of halogens is 1. The quantitative estimate of drug-likeness (QED) is 0.511. The summed E-state index contributed by atoms with van der Waals surface area (Å²) in [6.07, 6.45) is 3.04. The number of nitrogens with zero attached hydrogens (tertiary/aromatic N) is 3. The van der Waals surface area contributed by atoms with E-state index in [1.807, 2.05) is 59.1 Å². The number of hydrogen-bond acceptors (Lipinski definition) is 3. The zero-order valence-electron chi connectivity index (χ0n) is 13.3. The minimum atomic E-state index is 0.0630. The molecule has 122 valence electrons. The second-order valence-electron chi connectivity index (χ2n) is 6.42. The van der Waals surface area contributed by atoms with E-state index in [2.05, 4.69) is 4.98 Å². The van der Waals surface area contributed by atoms with E-state index >= 15 is 0 Å². The molecule has 5 heteroatoms. The lowest BCUT2D eigenvalue weighted by Crippen LogP contribution is -2.21. The van der Waals surface area contributed by atoms with Gasteiger partial charge >= 0.3 is 0 Å². The van der Waals surface area contributed by atoms with Gasteiger partial charge in [0.1, 0.15) is 0 Å². The summed E-state index contributed by atoms with van der Waals surface area (Å²) in [5, 5.41) is 0.705. The Balaban J connectivity index is 1.66. The monoisotopic (exact) mass is 347 g/mol. The fourth-order valence-electron chi connectivity index (χ4n) is 3.68.